The van der Waals surface area contributed by atoms with Crippen LogP contribution in [0.5, 0.6) is 0 Å². The summed E-state index contributed by atoms with van der Waals surface area (Å²) in [5.74, 6) is -0.148. The Morgan fingerprint density at radius 1 is 1.60 bits per heavy atom. The van der Waals surface area contributed by atoms with E-state index in [1.807, 2.05) is 0 Å². The van der Waals surface area contributed by atoms with E-state index in [1.54, 1.807) is 23.4 Å². The molecular weight excluding hydrogens is 344 g/mol. The lowest BCUT2D eigenvalue weighted by atomic mass is 10.2. The van der Waals surface area contributed by atoms with Crippen LogP contribution in [0.1, 0.15) is 21.2 Å². The summed E-state index contributed by atoms with van der Waals surface area (Å²) >= 11 is 4.80. The van der Waals surface area contributed by atoms with Crippen LogP contribution in [0.25, 0.3) is 0 Å². The second-order valence-electron chi connectivity index (χ2n) is 4.05. The summed E-state index contributed by atoms with van der Waals surface area (Å²) in [6, 6.07) is 0. The summed E-state index contributed by atoms with van der Waals surface area (Å²) in [5, 5.41) is 6.80. The average molecular weight is 359 g/mol. The van der Waals surface area contributed by atoms with E-state index in [0.717, 1.165) is 5.01 Å². The van der Waals surface area contributed by atoms with Crippen LogP contribution in [0, 0.1) is 0 Å². The molecule has 0 radical (unpaired) electrons. The van der Waals surface area contributed by atoms with Gasteiger partial charge >= 0.3 is 0 Å². The highest BCUT2D eigenvalue weighted by molar-refractivity contribution is 9.10. The van der Waals surface area contributed by atoms with Gasteiger partial charge in [0.1, 0.15) is 11.4 Å². The molecule has 0 aromatic carbocycles. The summed E-state index contributed by atoms with van der Waals surface area (Å²) in [5.41, 5.74) is 6.41. The highest BCUT2D eigenvalue weighted by Crippen LogP contribution is 2.21. The van der Waals surface area contributed by atoms with Crippen molar-refractivity contribution in [2.45, 2.75) is 13.0 Å². The SMILES string of the molecule is COCCn1ncc(Br)c1C(=O)c1csc(CCN)n1. The molecule has 6 nitrogen and oxygen atoms in total. The summed E-state index contributed by atoms with van der Waals surface area (Å²) < 4.78 is 7.30. The molecule has 0 spiro atoms. The second-order valence-corrected chi connectivity index (χ2v) is 5.85. The van der Waals surface area contributed by atoms with Crippen LogP contribution >= 0.6 is 27.3 Å². The first-order valence-electron chi connectivity index (χ1n) is 6.06. The minimum atomic E-state index is -0.148. The van der Waals surface area contributed by atoms with E-state index >= 15 is 0 Å². The number of aromatic nitrogens is 3. The number of carbonyl (C=O) groups is 1. The lowest BCUT2D eigenvalue weighted by Gasteiger charge is -2.05. The largest absolute Gasteiger partial charge is 0.383 e. The second kappa shape index (κ2) is 7.07. The van der Waals surface area contributed by atoms with Crippen molar-refractivity contribution >= 4 is 33.0 Å². The topological polar surface area (TPSA) is 83.0 Å². The molecule has 2 aromatic heterocycles. The third-order valence-electron chi connectivity index (χ3n) is 2.66. The number of carbonyl (C=O) groups excluding carboxylic acids is 1. The summed E-state index contributed by atoms with van der Waals surface area (Å²) in [6.07, 6.45) is 2.29. The Kier molecular flexibility index (Phi) is 5.41. The Hall–Kier alpha value is -1.09. The number of nitrogens with zero attached hydrogens (tertiary/aromatic N) is 3. The van der Waals surface area contributed by atoms with Crippen molar-refractivity contribution in [2.24, 2.45) is 5.73 Å². The number of hydrogen-bond acceptors (Lipinski definition) is 6. The van der Waals surface area contributed by atoms with Crippen molar-refractivity contribution < 1.29 is 9.53 Å². The maximum absolute atomic E-state index is 12.5. The Bertz CT molecular complexity index is 596. The van der Waals surface area contributed by atoms with Crippen molar-refractivity contribution in [1.29, 1.82) is 0 Å². The van der Waals surface area contributed by atoms with Gasteiger partial charge in [-0.3, -0.25) is 9.48 Å². The zero-order valence-corrected chi connectivity index (χ0v) is 13.4. The third-order valence-corrected chi connectivity index (χ3v) is 4.15. The molecule has 0 saturated heterocycles. The van der Waals surface area contributed by atoms with Crippen LogP contribution in [0.3, 0.4) is 0 Å². The number of rotatable bonds is 7. The Morgan fingerprint density at radius 3 is 3.10 bits per heavy atom. The molecule has 2 aromatic rings. The number of thiazole rings is 1. The van der Waals surface area contributed by atoms with E-state index in [9.17, 15) is 4.79 Å². The molecule has 0 unspecified atom stereocenters. The van der Waals surface area contributed by atoms with Crippen molar-refractivity contribution in [3.05, 3.63) is 32.4 Å². The zero-order chi connectivity index (χ0) is 14.5. The van der Waals surface area contributed by atoms with Crippen LogP contribution in [0.4, 0.5) is 0 Å². The minimum Gasteiger partial charge on any atom is -0.383 e. The quantitative estimate of drug-likeness (QED) is 0.758. The molecule has 2 rings (SSSR count). The van der Waals surface area contributed by atoms with Gasteiger partial charge in [0.05, 0.1) is 28.8 Å². The predicted octanol–water partition coefficient (Wildman–Crippen LogP) is 1.48. The standard InChI is InChI=1S/C12H15BrN4O2S/c1-19-5-4-17-11(8(13)6-15-17)12(18)9-7-20-10(16-9)2-3-14/h6-7H,2-5,14H2,1H3. The fourth-order valence-electron chi connectivity index (χ4n) is 1.71. The summed E-state index contributed by atoms with van der Waals surface area (Å²) in [7, 11) is 1.61. The van der Waals surface area contributed by atoms with Crippen LogP contribution in [0.2, 0.25) is 0 Å². The zero-order valence-electron chi connectivity index (χ0n) is 11.0. The molecule has 2 heterocycles. The normalized spacial score (nSPS) is 10.9. The highest BCUT2D eigenvalue weighted by Gasteiger charge is 2.21. The molecule has 0 aliphatic heterocycles. The number of halogens is 1. The van der Waals surface area contributed by atoms with E-state index in [0.29, 0.717) is 42.0 Å². The number of methoxy groups -OCH3 is 1. The van der Waals surface area contributed by atoms with Gasteiger partial charge in [0.25, 0.3) is 0 Å². The predicted molar refractivity (Wildman–Crippen MR) is 80.1 cm³/mol. The maximum Gasteiger partial charge on any atom is 0.231 e. The molecular formula is C12H15BrN4O2S. The first-order valence-corrected chi connectivity index (χ1v) is 7.74. The fraction of sp³-hybridized carbons (Fsp3) is 0.417. The molecule has 0 fully saturated rings. The highest BCUT2D eigenvalue weighted by atomic mass is 79.9. The van der Waals surface area contributed by atoms with Crippen molar-refractivity contribution in [1.82, 2.24) is 14.8 Å². The van der Waals surface area contributed by atoms with Gasteiger partial charge in [-0.25, -0.2) is 4.98 Å². The third kappa shape index (κ3) is 3.32. The minimum absolute atomic E-state index is 0.148. The lowest BCUT2D eigenvalue weighted by Crippen LogP contribution is -2.15. The van der Waals surface area contributed by atoms with Crippen molar-refractivity contribution in [2.75, 3.05) is 20.3 Å². The fourth-order valence-corrected chi connectivity index (χ4v) is 2.98. The van der Waals surface area contributed by atoms with Gasteiger partial charge in [-0.05, 0) is 22.5 Å². The van der Waals surface area contributed by atoms with Crippen LogP contribution in [-0.4, -0.2) is 40.8 Å². The van der Waals surface area contributed by atoms with Gasteiger partial charge in [0.15, 0.2) is 0 Å². The van der Waals surface area contributed by atoms with Gasteiger partial charge in [0.2, 0.25) is 5.78 Å². The van der Waals surface area contributed by atoms with Crippen molar-refractivity contribution in [3.63, 3.8) is 0 Å². The molecule has 0 aliphatic rings. The van der Waals surface area contributed by atoms with Gasteiger partial charge in [-0.2, -0.15) is 5.10 Å². The number of hydrogen-bond donors (Lipinski definition) is 1. The van der Waals surface area contributed by atoms with Gasteiger partial charge in [-0.1, -0.05) is 0 Å². The van der Waals surface area contributed by atoms with Crippen molar-refractivity contribution in [3.8, 4) is 0 Å². The molecule has 20 heavy (non-hydrogen) atoms. The molecule has 0 saturated carbocycles. The van der Waals surface area contributed by atoms with Crippen LogP contribution < -0.4 is 5.73 Å². The smallest absolute Gasteiger partial charge is 0.231 e. The molecule has 0 aliphatic carbocycles. The lowest BCUT2D eigenvalue weighted by molar-refractivity contribution is 0.102. The Morgan fingerprint density at radius 2 is 2.40 bits per heavy atom. The Balaban J connectivity index is 2.25. The molecule has 108 valence electrons. The van der Waals surface area contributed by atoms with Gasteiger partial charge < -0.3 is 10.5 Å². The molecule has 8 heteroatoms. The number of ether oxygens (including phenoxy) is 1. The molecule has 0 bridgehead atoms. The van der Waals surface area contributed by atoms with E-state index in [-0.39, 0.29) is 5.78 Å². The summed E-state index contributed by atoms with van der Waals surface area (Å²) in [6.45, 7) is 1.53. The van der Waals surface area contributed by atoms with Gasteiger partial charge in [0, 0.05) is 18.9 Å². The van der Waals surface area contributed by atoms with Crippen LogP contribution in [0.15, 0.2) is 16.0 Å². The van der Waals surface area contributed by atoms with E-state index in [2.05, 4.69) is 26.0 Å². The molecule has 0 atom stereocenters. The molecule has 0 amide bonds. The molecule has 2 N–H and O–H groups in total. The first-order chi connectivity index (χ1) is 9.67. The first kappa shape index (κ1) is 15.3. The monoisotopic (exact) mass is 358 g/mol. The number of ketones is 1. The van der Waals surface area contributed by atoms with Gasteiger partial charge in [-0.15, -0.1) is 11.3 Å². The van der Waals surface area contributed by atoms with E-state index < -0.39 is 0 Å². The van der Waals surface area contributed by atoms with E-state index in [4.69, 9.17) is 10.5 Å². The van der Waals surface area contributed by atoms with Crippen LogP contribution in [-0.2, 0) is 17.7 Å². The average Bonchev–Trinajstić information content (AvgIpc) is 3.03. The summed E-state index contributed by atoms with van der Waals surface area (Å²) in [4.78, 5) is 16.8. The maximum atomic E-state index is 12.5. The Labute approximate surface area is 129 Å². The van der Waals surface area contributed by atoms with E-state index in [1.165, 1.54) is 11.3 Å². The number of nitrogens with two attached hydrogens (primary N) is 1.